The molecule has 0 saturated carbocycles. The van der Waals surface area contributed by atoms with Crippen LogP contribution in [0.15, 0.2) is 24.3 Å². The highest BCUT2D eigenvalue weighted by Gasteiger charge is 2.26. The summed E-state index contributed by atoms with van der Waals surface area (Å²) < 4.78 is 6.14. The molecule has 1 aromatic rings. The first-order valence-electron chi connectivity index (χ1n) is 6.52. The van der Waals surface area contributed by atoms with E-state index in [1.165, 1.54) is 5.56 Å². The highest BCUT2D eigenvalue weighted by atomic mass is 28.3. The number of aldehydes is 1. The lowest BCUT2D eigenvalue weighted by Crippen LogP contribution is -2.35. The Labute approximate surface area is 112 Å². The van der Waals surface area contributed by atoms with Gasteiger partial charge in [-0.25, -0.2) is 0 Å². The van der Waals surface area contributed by atoms with E-state index in [-0.39, 0.29) is 11.5 Å². The van der Waals surface area contributed by atoms with Gasteiger partial charge in [0.1, 0.15) is 6.29 Å². The highest BCUT2D eigenvalue weighted by Crippen LogP contribution is 2.26. The van der Waals surface area contributed by atoms with Crippen LogP contribution in [-0.4, -0.2) is 21.4 Å². The van der Waals surface area contributed by atoms with Crippen LogP contribution in [0.25, 0.3) is 0 Å². The summed E-state index contributed by atoms with van der Waals surface area (Å²) in [7, 11) is -1.04. The van der Waals surface area contributed by atoms with Crippen LogP contribution in [0.5, 0.6) is 0 Å². The Kier molecular flexibility index (Phi) is 5.29. The lowest BCUT2D eigenvalue weighted by atomic mass is 9.85. The number of hydrogen-bond acceptors (Lipinski definition) is 2. The van der Waals surface area contributed by atoms with Crippen LogP contribution in [0.4, 0.5) is 0 Å². The molecule has 0 radical (unpaired) electrons. The van der Waals surface area contributed by atoms with E-state index in [9.17, 15) is 4.79 Å². The molecule has 0 N–H and O–H groups in total. The fraction of sp³-hybridized carbons (Fsp3) is 0.533. The van der Waals surface area contributed by atoms with E-state index < -0.39 is 9.04 Å². The van der Waals surface area contributed by atoms with Gasteiger partial charge in [-0.15, -0.1) is 0 Å². The molecule has 0 aliphatic rings. The maximum Gasteiger partial charge on any atom is 0.171 e. The van der Waals surface area contributed by atoms with E-state index in [0.717, 1.165) is 18.3 Å². The molecule has 1 atom stereocenters. The van der Waals surface area contributed by atoms with Crippen molar-refractivity contribution in [3.05, 3.63) is 35.4 Å². The zero-order valence-corrected chi connectivity index (χ0v) is 13.2. The molecule has 0 spiro atoms. The Balaban J connectivity index is 2.78. The molecular formula is C15H24O2Si. The Bertz CT molecular complexity index is 376. The van der Waals surface area contributed by atoms with Gasteiger partial charge in [0.05, 0.1) is 6.10 Å². The standard InChI is InChI=1S/C15H24O2Si/c1-15(2,3)14(17-18(4)5)10-12-6-8-13(11-16)9-7-12/h6-9,11,14,18H,10H2,1-5H3. The first-order chi connectivity index (χ1) is 8.32. The van der Waals surface area contributed by atoms with Gasteiger partial charge in [-0.05, 0) is 30.5 Å². The Morgan fingerprint density at radius 1 is 1.22 bits per heavy atom. The van der Waals surface area contributed by atoms with E-state index in [1.54, 1.807) is 0 Å². The fourth-order valence-corrected chi connectivity index (χ4v) is 2.99. The van der Waals surface area contributed by atoms with Crippen LogP contribution in [-0.2, 0) is 10.8 Å². The van der Waals surface area contributed by atoms with E-state index in [4.69, 9.17) is 4.43 Å². The minimum atomic E-state index is -1.04. The third-order valence-electron chi connectivity index (χ3n) is 2.94. The molecule has 0 bridgehead atoms. The predicted molar refractivity (Wildman–Crippen MR) is 78.7 cm³/mol. The molecule has 3 heteroatoms. The van der Waals surface area contributed by atoms with E-state index in [2.05, 4.69) is 33.9 Å². The molecule has 100 valence electrons. The third-order valence-corrected chi connectivity index (χ3v) is 3.81. The quantitative estimate of drug-likeness (QED) is 0.601. The van der Waals surface area contributed by atoms with Crippen molar-refractivity contribution in [1.29, 1.82) is 0 Å². The van der Waals surface area contributed by atoms with Crippen molar-refractivity contribution >= 4 is 15.3 Å². The van der Waals surface area contributed by atoms with Gasteiger partial charge < -0.3 is 4.43 Å². The highest BCUT2D eigenvalue weighted by molar-refractivity contribution is 6.48. The first-order valence-corrected chi connectivity index (χ1v) is 9.30. The van der Waals surface area contributed by atoms with E-state index >= 15 is 0 Å². The van der Waals surface area contributed by atoms with Gasteiger partial charge in [-0.1, -0.05) is 45.0 Å². The number of hydrogen-bond donors (Lipinski definition) is 0. The summed E-state index contributed by atoms with van der Waals surface area (Å²) in [6, 6.07) is 7.78. The van der Waals surface area contributed by atoms with Crippen molar-refractivity contribution < 1.29 is 9.22 Å². The van der Waals surface area contributed by atoms with Gasteiger partial charge in [0.15, 0.2) is 9.04 Å². The topological polar surface area (TPSA) is 26.3 Å². The van der Waals surface area contributed by atoms with Gasteiger partial charge in [-0.3, -0.25) is 4.79 Å². The average Bonchev–Trinajstić information content (AvgIpc) is 2.27. The van der Waals surface area contributed by atoms with Crippen LogP contribution < -0.4 is 0 Å². The second kappa shape index (κ2) is 6.30. The number of benzene rings is 1. The summed E-state index contributed by atoms with van der Waals surface area (Å²) >= 11 is 0. The molecule has 0 heterocycles. The summed E-state index contributed by atoms with van der Waals surface area (Å²) in [5, 5.41) is 0. The van der Waals surface area contributed by atoms with Crippen molar-refractivity contribution in [3.63, 3.8) is 0 Å². The predicted octanol–water partition coefficient (Wildman–Crippen LogP) is 3.46. The summed E-state index contributed by atoms with van der Waals surface area (Å²) in [5.41, 5.74) is 2.10. The van der Waals surface area contributed by atoms with Crippen molar-refractivity contribution in [1.82, 2.24) is 0 Å². The van der Waals surface area contributed by atoms with Crippen LogP contribution in [0.1, 0.15) is 36.7 Å². The maximum absolute atomic E-state index is 10.6. The largest absolute Gasteiger partial charge is 0.417 e. The normalized spacial score (nSPS) is 13.7. The van der Waals surface area contributed by atoms with Crippen LogP contribution in [0.2, 0.25) is 13.1 Å². The SMILES string of the molecule is C[SiH](C)OC(Cc1ccc(C=O)cc1)C(C)(C)C. The minimum absolute atomic E-state index is 0.139. The number of rotatable bonds is 5. The van der Waals surface area contributed by atoms with Crippen molar-refractivity contribution in [3.8, 4) is 0 Å². The average molecular weight is 264 g/mol. The molecule has 0 aliphatic heterocycles. The third kappa shape index (κ3) is 4.74. The Morgan fingerprint density at radius 3 is 2.17 bits per heavy atom. The molecule has 1 unspecified atom stereocenters. The number of carbonyl (C=O) groups is 1. The lowest BCUT2D eigenvalue weighted by Gasteiger charge is -2.32. The molecule has 1 aromatic carbocycles. The molecule has 18 heavy (non-hydrogen) atoms. The second-order valence-corrected chi connectivity index (χ2v) is 8.47. The fourth-order valence-electron chi connectivity index (χ4n) is 1.83. The van der Waals surface area contributed by atoms with Gasteiger partial charge >= 0.3 is 0 Å². The molecule has 1 rings (SSSR count). The van der Waals surface area contributed by atoms with Gasteiger partial charge in [0.2, 0.25) is 0 Å². The van der Waals surface area contributed by atoms with E-state index in [0.29, 0.717) is 0 Å². The summed E-state index contributed by atoms with van der Waals surface area (Å²) in [5.74, 6) is 0. The molecule has 0 amide bonds. The molecular weight excluding hydrogens is 240 g/mol. The molecule has 2 nitrogen and oxygen atoms in total. The number of carbonyl (C=O) groups excluding carboxylic acids is 1. The van der Waals surface area contributed by atoms with Crippen molar-refractivity contribution in [2.24, 2.45) is 5.41 Å². The smallest absolute Gasteiger partial charge is 0.171 e. The van der Waals surface area contributed by atoms with Crippen LogP contribution in [0.3, 0.4) is 0 Å². The zero-order chi connectivity index (χ0) is 13.8. The van der Waals surface area contributed by atoms with Gasteiger partial charge in [-0.2, -0.15) is 0 Å². The van der Waals surface area contributed by atoms with Crippen molar-refractivity contribution in [2.45, 2.75) is 46.4 Å². The minimum Gasteiger partial charge on any atom is -0.417 e. The van der Waals surface area contributed by atoms with Gasteiger partial charge in [0, 0.05) is 5.56 Å². The molecule has 0 aliphatic carbocycles. The van der Waals surface area contributed by atoms with E-state index in [1.807, 2.05) is 24.3 Å². The summed E-state index contributed by atoms with van der Waals surface area (Å²) in [4.78, 5) is 10.6. The summed E-state index contributed by atoms with van der Waals surface area (Å²) in [6.45, 7) is 11.1. The summed E-state index contributed by atoms with van der Waals surface area (Å²) in [6.07, 6.45) is 2.03. The monoisotopic (exact) mass is 264 g/mol. The van der Waals surface area contributed by atoms with Crippen molar-refractivity contribution in [2.75, 3.05) is 0 Å². The first kappa shape index (κ1) is 15.1. The maximum atomic E-state index is 10.6. The zero-order valence-electron chi connectivity index (χ0n) is 12.1. The Morgan fingerprint density at radius 2 is 1.78 bits per heavy atom. The Hall–Kier alpha value is -0.933. The van der Waals surface area contributed by atoms with Crippen LogP contribution in [0, 0.1) is 5.41 Å². The van der Waals surface area contributed by atoms with Crippen LogP contribution >= 0.6 is 0 Å². The second-order valence-electron chi connectivity index (χ2n) is 6.10. The lowest BCUT2D eigenvalue weighted by molar-refractivity contribution is 0.0867. The molecule has 0 aromatic heterocycles. The molecule has 0 saturated heterocycles. The molecule has 0 fully saturated rings. The van der Waals surface area contributed by atoms with Gasteiger partial charge in [0.25, 0.3) is 0 Å².